The van der Waals surface area contributed by atoms with Gasteiger partial charge in [0, 0.05) is 42.7 Å². The summed E-state index contributed by atoms with van der Waals surface area (Å²) in [4.78, 5) is 22.7. The number of piperidine rings is 1. The highest BCUT2D eigenvalue weighted by Crippen LogP contribution is 2.42. The Hall–Kier alpha value is -2.56. The third kappa shape index (κ3) is 2.54. The molecule has 1 saturated carbocycles. The molecular weight excluding hydrogens is 314 g/mol. The Morgan fingerprint density at radius 3 is 3.04 bits per heavy atom. The zero-order valence-corrected chi connectivity index (χ0v) is 14.1. The van der Waals surface area contributed by atoms with Gasteiger partial charge in [0.25, 0.3) is 5.91 Å². The summed E-state index contributed by atoms with van der Waals surface area (Å²) in [5.41, 5.74) is 2.96. The van der Waals surface area contributed by atoms with Crippen molar-refractivity contribution >= 4 is 16.9 Å². The second-order valence-corrected chi connectivity index (χ2v) is 7.21. The van der Waals surface area contributed by atoms with Crippen LogP contribution in [0.4, 0.5) is 0 Å². The van der Waals surface area contributed by atoms with Gasteiger partial charge in [0.1, 0.15) is 11.4 Å². The number of hydrogen-bond acceptors (Lipinski definition) is 3. The van der Waals surface area contributed by atoms with Gasteiger partial charge in [-0.25, -0.2) is 4.98 Å². The lowest BCUT2D eigenvalue weighted by Crippen LogP contribution is -2.39. The number of likely N-dealkylation sites (tertiary alicyclic amines) is 1. The van der Waals surface area contributed by atoms with Crippen LogP contribution in [0.15, 0.2) is 41.3 Å². The number of fused-ring (bicyclic) bond motifs is 1. The summed E-state index contributed by atoms with van der Waals surface area (Å²) in [6, 6.07) is 5.92. The summed E-state index contributed by atoms with van der Waals surface area (Å²) in [6.07, 6.45) is 9.93. The van der Waals surface area contributed by atoms with E-state index in [1.807, 2.05) is 17.0 Å². The Bertz CT molecular complexity index is 922. The van der Waals surface area contributed by atoms with Crippen LogP contribution >= 0.6 is 0 Å². The van der Waals surface area contributed by atoms with E-state index in [2.05, 4.69) is 22.2 Å². The standard InChI is InChI=1S/C20H21N3O2/c24-20(16-7-10-25-18(16)13-5-6-13)23-9-2-3-14(12-23)17-11-22-19-15(17)4-1-8-21-19/h1,4,7-8,10-11,13-14H,2-3,5-6,9,12H2,(H,21,22). The van der Waals surface area contributed by atoms with Gasteiger partial charge >= 0.3 is 0 Å². The summed E-state index contributed by atoms with van der Waals surface area (Å²) >= 11 is 0. The molecule has 5 rings (SSSR count). The fourth-order valence-corrected chi connectivity index (χ4v) is 4.06. The van der Waals surface area contributed by atoms with Gasteiger partial charge in [0.15, 0.2) is 0 Å². The van der Waals surface area contributed by atoms with Crippen LogP contribution in [0.3, 0.4) is 0 Å². The Morgan fingerprint density at radius 1 is 1.24 bits per heavy atom. The van der Waals surface area contributed by atoms with Crippen LogP contribution in [0.5, 0.6) is 0 Å². The quantitative estimate of drug-likeness (QED) is 0.785. The molecule has 0 radical (unpaired) electrons. The number of carbonyl (C=O) groups excluding carboxylic acids is 1. The van der Waals surface area contributed by atoms with E-state index in [0.29, 0.717) is 11.8 Å². The van der Waals surface area contributed by atoms with Gasteiger partial charge in [0.2, 0.25) is 0 Å². The van der Waals surface area contributed by atoms with Crippen molar-refractivity contribution in [1.29, 1.82) is 0 Å². The summed E-state index contributed by atoms with van der Waals surface area (Å²) in [7, 11) is 0. The lowest BCUT2D eigenvalue weighted by molar-refractivity contribution is 0.0705. The topological polar surface area (TPSA) is 62.1 Å². The van der Waals surface area contributed by atoms with E-state index in [9.17, 15) is 4.79 Å². The molecule has 3 aromatic rings. The van der Waals surface area contributed by atoms with Crippen molar-refractivity contribution in [3.8, 4) is 0 Å². The summed E-state index contributed by atoms with van der Waals surface area (Å²) in [5, 5.41) is 1.17. The van der Waals surface area contributed by atoms with Crippen molar-refractivity contribution in [2.24, 2.45) is 0 Å². The number of amides is 1. The van der Waals surface area contributed by atoms with E-state index in [-0.39, 0.29) is 5.91 Å². The lowest BCUT2D eigenvalue weighted by Gasteiger charge is -2.32. The van der Waals surface area contributed by atoms with Crippen LogP contribution in [0.2, 0.25) is 0 Å². The van der Waals surface area contributed by atoms with E-state index in [4.69, 9.17) is 4.42 Å². The summed E-state index contributed by atoms with van der Waals surface area (Å²) < 4.78 is 5.60. The minimum Gasteiger partial charge on any atom is -0.468 e. The van der Waals surface area contributed by atoms with E-state index < -0.39 is 0 Å². The molecule has 128 valence electrons. The molecule has 2 aliphatic rings. The van der Waals surface area contributed by atoms with Gasteiger partial charge in [-0.3, -0.25) is 4.79 Å². The molecule has 5 nitrogen and oxygen atoms in total. The van der Waals surface area contributed by atoms with Crippen molar-refractivity contribution in [3.63, 3.8) is 0 Å². The number of aromatic amines is 1. The highest BCUT2D eigenvalue weighted by atomic mass is 16.3. The largest absolute Gasteiger partial charge is 0.468 e. The van der Waals surface area contributed by atoms with E-state index >= 15 is 0 Å². The number of nitrogens with one attached hydrogen (secondary N) is 1. The van der Waals surface area contributed by atoms with Gasteiger partial charge < -0.3 is 14.3 Å². The number of nitrogens with zero attached hydrogens (tertiary/aromatic N) is 2. The Morgan fingerprint density at radius 2 is 2.16 bits per heavy atom. The minimum absolute atomic E-state index is 0.123. The highest BCUT2D eigenvalue weighted by Gasteiger charge is 2.34. The molecule has 0 bridgehead atoms. The van der Waals surface area contributed by atoms with Gasteiger partial charge in [0.05, 0.1) is 11.8 Å². The average Bonchev–Trinajstić information content (AvgIpc) is 3.22. The predicted molar refractivity (Wildman–Crippen MR) is 94.7 cm³/mol. The molecule has 1 aliphatic heterocycles. The first-order valence-electron chi connectivity index (χ1n) is 9.10. The first-order chi connectivity index (χ1) is 12.3. The average molecular weight is 335 g/mol. The molecule has 3 aromatic heterocycles. The fraction of sp³-hybridized carbons (Fsp3) is 0.400. The first-order valence-corrected chi connectivity index (χ1v) is 9.10. The maximum Gasteiger partial charge on any atom is 0.257 e. The van der Waals surface area contributed by atoms with Gasteiger partial charge in [-0.05, 0) is 49.4 Å². The van der Waals surface area contributed by atoms with Crippen LogP contribution in [0.25, 0.3) is 11.0 Å². The Kier molecular flexibility index (Phi) is 3.40. The minimum atomic E-state index is 0.123. The van der Waals surface area contributed by atoms with Crippen LogP contribution < -0.4 is 0 Å². The zero-order valence-electron chi connectivity index (χ0n) is 14.1. The summed E-state index contributed by atoms with van der Waals surface area (Å²) in [5.74, 6) is 1.82. The van der Waals surface area contributed by atoms with Crippen LogP contribution in [0.1, 0.15) is 59.2 Å². The number of rotatable bonds is 3. The summed E-state index contributed by atoms with van der Waals surface area (Å²) in [6.45, 7) is 1.58. The predicted octanol–water partition coefficient (Wildman–Crippen LogP) is 4.05. The molecule has 0 aromatic carbocycles. The number of carbonyl (C=O) groups is 1. The SMILES string of the molecule is O=C(c1ccoc1C1CC1)N1CCCC(c2c[nH]c3ncccc23)C1. The number of H-pyrrole nitrogens is 1. The third-order valence-corrected chi connectivity index (χ3v) is 5.51. The van der Waals surface area contributed by atoms with E-state index in [1.54, 1.807) is 12.5 Å². The molecule has 1 unspecified atom stereocenters. The molecular formula is C20H21N3O2. The number of pyridine rings is 1. The van der Waals surface area contributed by atoms with Crippen molar-refractivity contribution in [3.05, 3.63) is 53.7 Å². The maximum absolute atomic E-state index is 13.0. The normalized spacial score (nSPS) is 21.0. The third-order valence-electron chi connectivity index (χ3n) is 5.51. The molecule has 0 spiro atoms. The molecule has 1 aliphatic carbocycles. The zero-order chi connectivity index (χ0) is 16.8. The molecule has 1 N–H and O–H groups in total. The highest BCUT2D eigenvalue weighted by molar-refractivity contribution is 5.95. The lowest BCUT2D eigenvalue weighted by atomic mass is 9.90. The molecule has 25 heavy (non-hydrogen) atoms. The Balaban J connectivity index is 1.40. The van der Waals surface area contributed by atoms with Gasteiger partial charge in [-0.1, -0.05) is 0 Å². The molecule has 2 fully saturated rings. The van der Waals surface area contributed by atoms with Crippen LogP contribution in [-0.2, 0) is 0 Å². The van der Waals surface area contributed by atoms with Crippen molar-refractivity contribution in [2.45, 2.75) is 37.5 Å². The molecule has 1 amide bonds. The van der Waals surface area contributed by atoms with Crippen molar-refractivity contribution < 1.29 is 9.21 Å². The number of hydrogen-bond donors (Lipinski definition) is 1. The van der Waals surface area contributed by atoms with Gasteiger partial charge in [-0.15, -0.1) is 0 Å². The van der Waals surface area contributed by atoms with Gasteiger partial charge in [-0.2, -0.15) is 0 Å². The molecule has 4 heterocycles. The second-order valence-electron chi connectivity index (χ2n) is 7.21. The maximum atomic E-state index is 13.0. The van der Waals surface area contributed by atoms with Crippen LogP contribution in [-0.4, -0.2) is 33.9 Å². The monoisotopic (exact) mass is 335 g/mol. The number of aromatic nitrogens is 2. The smallest absolute Gasteiger partial charge is 0.257 e. The van der Waals surface area contributed by atoms with Crippen LogP contribution in [0, 0.1) is 0 Å². The van der Waals surface area contributed by atoms with Crippen molar-refractivity contribution in [2.75, 3.05) is 13.1 Å². The van der Waals surface area contributed by atoms with Crippen molar-refractivity contribution in [1.82, 2.24) is 14.9 Å². The second kappa shape index (κ2) is 5.76. The molecule has 1 atom stereocenters. The Labute approximate surface area is 146 Å². The fourth-order valence-electron chi connectivity index (χ4n) is 4.06. The van der Waals surface area contributed by atoms with E-state index in [1.165, 1.54) is 10.9 Å². The first kappa shape index (κ1) is 14.8. The number of furan rings is 1. The molecule has 5 heteroatoms. The van der Waals surface area contributed by atoms with E-state index in [0.717, 1.165) is 55.7 Å². The molecule has 1 saturated heterocycles.